The molecule has 6 heteroatoms. The maximum atomic E-state index is 10.7. The molecule has 0 fully saturated rings. The molecule has 2 N–H and O–H groups in total. The van der Waals surface area contributed by atoms with Crippen LogP contribution >= 0.6 is 11.6 Å². The van der Waals surface area contributed by atoms with Gasteiger partial charge in [-0.3, -0.25) is 0 Å². The van der Waals surface area contributed by atoms with Crippen LogP contribution in [0.1, 0.15) is 10.4 Å². The van der Waals surface area contributed by atoms with Crippen molar-refractivity contribution in [3.05, 3.63) is 41.0 Å². The number of anilines is 1. The van der Waals surface area contributed by atoms with Crippen LogP contribution in [0.5, 0.6) is 0 Å². The third kappa shape index (κ3) is 1.72. The largest absolute Gasteiger partial charge is 0.545 e. The first-order chi connectivity index (χ1) is 7.59. The number of nitrogens with zero attached hydrogens (tertiary/aromatic N) is 2. The molecule has 2 rings (SSSR count). The maximum Gasteiger partial charge on any atom is 0.136 e. The van der Waals surface area contributed by atoms with E-state index in [9.17, 15) is 9.90 Å². The van der Waals surface area contributed by atoms with Crippen LogP contribution in [0, 0.1) is 0 Å². The lowest BCUT2D eigenvalue weighted by Gasteiger charge is -2.05. The molecule has 82 valence electrons. The molecule has 0 atom stereocenters. The summed E-state index contributed by atoms with van der Waals surface area (Å²) in [6.07, 6.45) is 1.14. The zero-order valence-corrected chi connectivity index (χ0v) is 8.81. The lowest BCUT2D eigenvalue weighted by Crippen LogP contribution is -2.23. The molecule has 0 radical (unpaired) electrons. The van der Waals surface area contributed by atoms with E-state index in [1.807, 2.05) is 0 Å². The summed E-state index contributed by atoms with van der Waals surface area (Å²) in [4.78, 5) is 10.7. The summed E-state index contributed by atoms with van der Waals surface area (Å²) in [6, 6.07) is 6.76. The number of hydrogen-bond donors (Lipinski definition) is 1. The Morgan fingerprint density at radius 3 is 2.81 bits per heavy atom. The first-order valence-electron chi connectivity index (χ1n) is 4.40. The van der Waals surface area contributed by atoms with Crippen LogP contribution in [-0.4, -0.2) is 15.7 Å². The van der Waals surface area contributed by atoms with E-state index in [0.717, 1.165) is 6.20 Å². The Morgan fingerprint density at radius 2 is 2.25 bits per heavy atom. The molecule has 0 bridgehead atoms. The van der Waals surface area contributed by atoms with Gasteiger partial charge in [-0.15, -0.1) is 0 Å². The van der Waals surface area contributed by atoms with Crippen LogP contribution in [0.3, 0.4) is 0 Å². The number of nitrogens with two attached hydrogens (primary N) is 1. The van der Waals surface area contributed by atoms with E-state index >= 15 is 0 Å². The summed E-state index contributed by atoms with van der Waals surface area (Å²) < 4.78 is 1.29. The summed E-state index contributed by atoms with van der Waals surface area (Å²) in [5, 5.41) is 15.0. The number of carbonyl (C=O) groups is 1. The normalized spacial score (nSPS) is 10.3. The molecule has 0 aliphatic rings. The molecule has 0 spiro atoms. The second-order valence-corrected chi connectivity index (χ2v) is 3.56. The van der Waals surface area contributed by atoms with Crippen LogP contribution in [0.2, 0.25) is 5.02 Å². The fourth-order valence-electron chi connectivity index (χ4n) is 1.33. The molecular weight excluding hydrogens is 230 g/mol. The number of benzene rings is 1. The highest BCUT2D eigenvalue weighted by Crippen LogP contribution is 2.19. The Labute approximate surface area is 96.1 Å². The average Bonchev–Trinajstić information content (AvgIpc) is 2.60. The minimum Gasteiger partial charge on any atom is -0.545 e. The molecular formula is C10H7ClN3O2-. The zero-order chi connectivity index (χ0) is 11.7. The summed E-state index contributed by atoms with van der Waals surface area (Å²) in [5.41, 5.74) is 6.08. The number of aromatic carboxylic acids is 1. The van der Waals surface area contributed by atoms with Crippen molar-refractivity contribution in [3.63, 3.8) is 0 Å². The van der Waals surface area contributed by atoms with Gasteiger partial charge in [0.25, 0.3) is 0 Å². The summed E-state index contributed by atoms with van der Waals surface area (Å²) >= 11 is 5.81. The Morgan fingerprint density at radius 1 is 1.50 bits per heavy atom. The number of carboxylic acids is 1. The van der Waals surface area contributed by atoms with Crippen molar-refractivity contribution in [3.8, 4) is 5.69 Å². The lowest BCUT2D eigenvalue weighted by molar-refractivity contribution is -0.254. The standard InChI is InChI=1S/C10H8ClN3O2/c11-6-2-1-3-7(4-6)14-9(12)8(5-13-14)10(15)16/h1-5H,12H2,(H,15,16)/p-1. The number of carboxylic acid groups (broad SMARTS) is 1. The highest BCUT2D eigenvalue weighted by atomic mass is 35.5. The van der Waals surface area contributed by atoms with Crippen molar-refractivity contribution in [2.45, 2.75) is 0 Å². The molecule has 2 aromatic rings. The minimum atomic E-state index is -1.36. The van der Waals surface area contributed by atoms with Crippen molar-refractivity contribution in [2.75, 3.05) is 5.73 Å². The van der Waals surface area contributed by atoms with Crippen LogP contribution in [-0.2, 0) is 0 Å². The topological polar surface area (TPSA) is 84.0 Å². The van der Waals surface area contributed by atoms with Gasteiger partial charge in [0, 0.05) is 5.02 Å². The Kier molecular flexibility index (Phi) is 2.54. The second kappa shape index (κ2) is 3.86. The van der Waals surface area contributed by atoms with Crippen LogP contribution in [0.25, 0.3) is 5.69 Å². The summed E-state index contributed by atoms with van der Waals surface area (Å²) in [6.45, 7) is 0. The number of hydrogen-bond acceptors (Lipinski definition) is 4. The van der Waals surface area contributed by atoms with Crippen molar-refractivity contribution in [1.29, 1.82) is 0 Å². The number of carbonyl (C=O) groups excluding carboxylic acids is 1. The Balaban J connectivity index is 2.53. The lowest BCUT2D eigenvalue weighted by atomic mass is 10.3. The monoisotopic (exact) mass is 236 g/mol. The fraction of sp³-hybridized carbons (Fsp3) is 0. The molecule has 0 aliphatic heterocycles. The smallest absolute Gasteiger partial charge is 0.136 e. The van der Waals surface area contributed by atoms with Crippen molar-refractivity contribution in [1.82, 2.24) is 9.78 Å². The molecule has 0 aliphatic carbocycles. The van der Waals surface area contributed by atoms with Gasteiger partial charge in [0.15, 0.2) is 0 Å². The SMILES string of the molecule is Nc1c(C(=O)[O-])cnn1-c1cccc(Cl)c1. The number of rotatable bonds is 2. The van der Waals surface area contributed by atoms with E-state index in [2.05, 4.69) is 5.10 Å². The maximum absolute atomic E-state index is 10.7. The molecule has 5 nitrogen and oxygen atoms in total. The number of nitrogen functional groups attached to an aromatic ring is 1. The fourth-order valence-corrected chi connectivity index (χ4v) is 1.51. The zero-order valence-electron chi connectivity index (χ0n) is 8.05. The van der Waals surface area contributed by atoms with Gasteiger partial charge in [-0.1, -0.05) is 17.7 Å². The van der Waals surface area contributed by atoms with Gasteiger partial charge in [0.1, 0.15) is 5.82 Å². The van der Waals surface area contributed by atoms with E-state index in [1.54, 1.807) is 24.3 Å². The first kappa shape index (κ1) is 10.5. The molecule has 0 saturated carbocycles. The highest BCUT2D eigenvalue weighted by molar-refractivity contribution is 6.30. The van der Waals surface area contributed by atoms with Gasteiger partial charge < -0.3 is 15.6 Å². The van der Waals surface area contributed by atoms with Gasteiger partial charge >= 0.3 is 0 Å². The van der Waals surface area contributed by atoms with Gasteiger partial charge in [0.2, 0.25) is 0 Å². The molecule has 1 aromatic carbocycles. The highest BCUT2D eigenvalue weighted by Gasteiger charge is 2.09. The average molecular weight is 237 g/mol. The van der Waals surface area contributed by atoms with Gasteiger partial charge in [-0.25, -0.2) is 4.68 Å². The van der Waals surface area contributed by atoms with Gasteiger partial charge in [0.05, 0.1) is 23.4 Å². The van der Waals surface area contributed by atoms with Gasteiger partial charge in [-0.05, 0) is 18.2 Å². The van der Waals surface area contributed by atoms with E-state index in [1.165, 1.54) is 4.68 Å². The van der Waals surface area contributed by atoms with Crippen LogP contribution in [0.4, 0.5) is 5.82 Å². The second-order valence-electron chi connectivity index (χ2n) is 3.12. The van der Waals surface area contributed by atoms with E-state index in [0.29, 0.717) is 10.7 Å². The first-order valence-corrected chi connectivity index (χ1v) is 4.78. The summed E-state index contributed by atoms with van der Waals surface area (Å²) in [7, 11) is 0. The number of aromatic nitrogens is 2. The van der Waals surface area contributed by atoms with Crippen molar-refractivity contribution in [2.24, 2.45) is 0 Å². The molecule has 1 aromatic heterocycles. The summed E-state index contributed by atoms with van der Waals surface area (Å²) in [5.74, 6) is -1.34. The Hall–Kier alpha value is -2.01. The van der Waals surface area contributed by atoms with Crippen molar-refractivity contribution >= 4 is 23.4 Å². The molecule has 0 unspecified atom stereocenters. The quantitative estimate of drug-likeness (QED) is 0.822. The van der Waals surface area contributed by atoms with Crippen molar-refractivity contribution < 1.29 is 9.90 Å². The van der Waals surface area contributed by atoms with Crippen LogP contribution < -0.4 is 10.8 Å². The molecule has 0 saturated heterocycles. The predicted molar refractivity (Wildman–Crippen MR) is 57.3 cm³/mol. The predicted octanol–water partition coefficient (Wildman–Crippen LogP) is 0.471. The molecule has 16 heavy (non-hydrogen) atoms. The van der Waals surface area contributed by atoms with E-state index in [4.69, 9.17) is 17.3 Å². The van der Waals surface area contributed by atoms with E-state index in [-0.39, 0.29) is 11.4 Å². The minimum absolute atomic E-state index is 0.0160. The van der Waals surface area contributed by atoms with Crippen LogP contribution in [0.15, 0.2) is 30.5 Å². The molecule has 0 amide bonds. The third-order valence-electron chi connectivity index (χ3n) is 2.08. The number of halogens is 1. The third-order valence-corrected chi connectivity index (χ3v) is 2.31. The van der Waals surface area contributed by atoms with Gasteiger partial charge in [-0.2, -0.15) is 5.10 Å². The Bertz CT molecular complexity index is 551. The molecule has 1 heterocycles. The van der Waals surface area contributed by atoms with E-state index < -0.39 is 5.97 Å².